The first-order valence-corrected chi connectivity index (χ1v) is 11.0. The summed E-state index contributed by atoms with van der Waals surface area (Å²) in [6.07, 6.45) is -2.18. The summed E-state index contributed by atoms with van der Waals surface area (Å²) in [4.78, 5) is 16.6. The molecule has 1 aromatic heterocycles. The van der Waals surface area contributed by atoms with Crippen LogP contribution in [0.25, 0.3) is 0 Å². The van der Waals surface area contributed by atoms with Crippen LogP contribution in [0.3, 0.4) is 0 Å². The van der Waals surface area contributed by atoms with E-state index in [2.05, 4.69) is 10.3 Å². The zero-order valence-corrected chi connectivity index (χ0v) is 18.8. The van der Waals surface area contributed by atoms with E-state index in [1.54, 1.807) is 0 Å². The van der Waals surface area contributed by atoms with Gasteiger partial charge in [-0.3, -0.25) is 18.6 Å². The van der Waals surface area contributed by atoms with E-state index in [0.29, 0.717) is 18.4 Å². The number of nitrogens with one attached hydrogen (secondary N) is 1. The summed E-state index contributed by atoms with van der Waals surface area (Å²) in [5, 5.41) is 2.79. The second-order valence-electron chi connectivity index (χ2n) is 7.79. The highest BCUT2D eigenvalue weighted by molar-refractivity contribution is 7.80. The number of halogens is 4. The molecule has 0 saturated heterocycles. The number of amides is 1. The fourth-order valence-electron chi connectivity index (χ4n) is 3.59. The number of methoxy groups -OCH3 is 1. The van der Waals surface area contributed by atoms with Gasteiger partial charge in [0.25, 0.3) is 11.3 Å². The minimum atomic E-state index is -4.60. The summed E-state index contributed by atoms with van der Waals surface area (Å²) in [5.41, 5.74) is -1.98. The van der Waals surface area contributed by atoms with Crippen molar-refractivity contribution in [3.63, 3.8) is 0 Å². The standard InChI is InChI=1S/C21H23F4N3O4S/c1-12(13-4-8-17(16(22)10-13)28(2)33(30)31)19(29)27-20(32-3,14-5-6-14)15-7-9-18(26-11-15)21(23,24)25/h4,7-12,14H,5-6H2,1-3H3,(H,27,29)(H,30,31). The first-order chi connectivity index (χ1) is 15.4. The van der Waals surface area contributed by atoms with Gasteiger partial charge in [-0.05, 0) is 43.5 Å². The molecule has 3 atom stereocenters. The van der Waals surface area contributed by atoms with Crippen molar-refractivity contribution < 1.29 is 35.9 Å². The molecule has 12 heteroatoms. The zero-order valence-electron chi connectivity index (χ0n) is 18.0. The third kappa shape index (κ3) is 5.17. The van der Waals surface area contributed by atoms with E-state index < -0.39 is 46.5 Å². The third-order valence-electron chi connectivity index (χ3n) is 5.70. The number of carbonyl (C=O) groups is 1. The van der Waals surface area contributed by atoms with Gasteiger partial charge < -0.3 is 10.1 Å². The van der Waals surface area contributed by atoms with Crippen molar-refractivity contribution in [2.24, 2.45) is 5.92 Å². The Bertz CT molecular complexity index is 1050. The average Bonchev–Trinajstić information content (AvgIpc) is 3.61. The lowest BCUT2D eigenvalue weighted by Crippen LogP contribution is -2.50. The molecule has 0 spiro atoms. The van der Waals surface area contributed by atoms with Crippen LogP contribution in [0.1, 0.15) is 42.5 Å². The summed E-state index contributed by atoms with van der Waals surface area (Å²) in [7, 11) is 2.59. The molecule has 0 bridgehead atoms. The van der Waals surface area contributed by atoms with Gasteiger partial charge in [-0.1, -0.05) is 12.1 Å². The van der Waals surface area contributed by atoms with Crippen LogP contribution in [0.15, 0.2) is 36.5 Å². The zero-order chi connectivity index (χ0) is 24.6. The van der Waals surface area contributed by atoms with Crippen molar-refractivity contribution >= 4 is 22.9 Å². The minimum absolute atomic E-state index is 0.118. The Balaban J connectivity index is 1.86. The van der Waals surface area contributed by atoms with Crippen LogP contribution >= 0.6 is 0 Å². The number of anilines is 1. The Kier molecular flexibility index (Phi) is 7.10. The van der Waals surface area contributed by atoms with E-state index in [1.807, 2.05) is 0 Å². The molecule has 1 saturated carbocycles. The SMILES string of the molecule is COC(NC(=O)C(C)c1ccc(N(C)S(=O)O)c(F)c1)(c1ccc(C(F)(F)F)nc1)C1CC1. The fourth-order valence-corrected chi connectivity index (χ4v) is 3.91. The molecular formula is C21H23F4N3O4S. The molecule has 7 nitrogen and oxygen atoms in total. The van der Waals surface area contributed by atoms with Crippen LogP contribution < -0.4 is 9.62 Å². The van der Waals surface area contributed by atoms with Gasteiger partial charge in [0.05, 0.1) is 11.6 Å². The fraction of sp³-hybridized carbons (Fsp3) is 0.429. The minimum Gasteiger partial charge on any atom is -0.354 e. The molecule has 3 rings (SSSR count). The van der Waals surface area contributed by atoms with Gasteiger partial charge in [0.15, 0.2) is 5.72 Å². The van der Waals surface area contributed by atoms with Crippen molar-refractivity contribution in [2.75, 3.05) is 18.5 Å². The maximum Gasteiger partial charge on any atom is 0.433 e. The van der Waals surface area contributed by atoms with E-state index in [4.69, 9.17) is 9.29 Å². The van der Waals surface area contributed by atoms with E-state index in [1.165, 1.54) is 39.3 Å². The summed E-state index contributed by atoms with van der Waals surface area (Å²) in [6.45, 7) is 1.54. The lowest BCUT2D eigenvalue weighted by atomic mass is 9.95. The number of rotatable bonds is 8. The Morgan fingerprint density at radius 1 is 1.30 bits per heavy atom. The lowest BCUT2D eigenvalue weighted by molar-refractivity contribution is -0.142. The highest BCUT2D eigenvalue weighted by Gasteiger charge is 2.49. The Morgan fingerprint density at radius 2 is 1.97 bits per heavy atom. The van der Waals surface area contributed by atoms with Gasteiger partial charge in [-0.15, -0.1) is 0 Å². The Labute approximate surface area is 190 Å². The molecule has 2 aromatic rings. The van der Waals surface area contributed by atoms with Crippen LogP contribution in [0.5, 0.6) is 0 Å². The maximum atomic E-state index is 14.5. The van der Waals surface area contributed by atoms with Gasteiger partial charge >= 0.3 is 6.18 Å². The number of hydrogen-bond acceptors (Lipinski definition) is 4. The molecular weight excluding hydrogens is 466 g/mol. The number of hydrogen-bond donors (Lipinski definition) is 2. The number of benzene rings is 1. The van der Waals surface area contributed by atoms with E-state index in [9.17, 15) is 26.6 Å². The topological polar surface area (TPSA) is 91.8 Å². The van der Waals surface area contributed by atoms with Crippen LogP contribution in [0.4, 0.5) is 23.2 Å². The number of carbonyl (C=O) groups excluding carboxylic acids is 1. The van der Waals surface area contributed by atoms with Gasteiger partial charge in [0, 0.05) is 31.8 Å². The van der Waals surface area contributed by atoms with Crippen LogP contribution in [-0.2, 0) is 32.7 Å². The molecule has 1 aromatic carbocycles. The lowest BCUT2D eigenvalue weighted by Gasteiger charge is -2.35. The Hall–Kier alpha value is -2.57. The summed E-state index contributed by atoms with van der Waals surface area (Å²) in [6, 6.07) is 5.89. The summed E-state index contributed by atoms with van der Waals surface area (Å²) in [5.74, 6) is -2.34. The molecule has 0 radical (unpaired) electrons. The van der Waals surface area contributed by atoms with E-state index >= 15 is 0 Å². The first kappa shape index (κ1) is 25.1. The van der Waals surface area contributed by atoms with E-state index in [0.717, 1.165) is 22.6 Å². The van der Waals surface area contributed by atoms with Crippen molar-refractivity contribution in [1.82, 2.24) is 10.3 Å². The largest absolute Gasteiger partial charge is 0.433 e. The molecule has 180 valence electrons. The number of pyridine rings is 1. The van der Waals surface area contributed by atoms with Crippen LogP contribution in [0, 0.1) is 11.7 Å². The molecule has 1 aliphatic carbocycles. The smallest absolute Gasteiger partial charge is 0.354 e. The predicted octanol–water partition coefficient (Wildman–Crippen LogP) is 3.94. The molecule has 1 amide bonds. The highest BCUT2D eigenvalue weighted by atomic mass is 32.2. The molecule has 33 heavy (non-hydrogen) atoms. The van der Waals surface area contributed by atoms with Crippen molar-refractivity contribution in [1.29, 1.82) is 0 Å². The van der Waals surface area contributed by atoms with Gasteiger partial charge in [-0.2, -0.15) is 13.2 Å². The number of aromatic nitrogens is 1. The molecule has 1 fully saturated rings. The normalized spacial score (nSPS) is 17.7. The Morgan fingerprint density at radius 3 is 2.42 bits per heavy atom. The number of alkyl halides is 3. The molecule has 3 unspecified atom stereocenters. The third-order valence-corrected chi connectivity index (χ3v) is 6.37. The first-order valence-electron chi connectivity index (χ1n) is 9.95. The molecule has 2 N–H and O–H groups in total. The van der Waals surface area contributed by atoms with Gasteiger partial charge in [-0.25, -0.2) is 8.60 Å². The molecule has 1 heterocycles. The van der Waals surface area contributed by atoms with E-state index in [-0.39, 0.29) is 17.2 Å². The summed E-state index contributed by atoms with van der Waals surface area (Å²) >= 11 is -2.42. The second kappa shape index (κ2) is 9.35. The number of ether oxygens (including phenoxy) is 1. The average molecular weight is 489 g/mol. The summed E-state index contributed by atoms with van der Waals surface area (Å²) < 4.78 is 79.9. The quantitative estimate of drug-likeness (QED) is 0.333. The monoisotopic (exact) mass is 489 g/mol. The van der Waals surface area contributed by atoms with Crippen molar-refractivity contribution in [2.45, 2.75) is 37.6 Å². The predicted molar refractivity (Wildman–Crippen MR) is 113 cm³/mol. The van der Waals surface area contributed by atoms with Gasteiger partial charge in [0.2, 0.25) is 5.91 Å². The number of nitrogens with zero attached hydrogens (tertiary/aromatic N) is 2. The van der Waals surface area contributed by atoms with Crippen molar-refractivity contribution in [3.8, 4) is 0 Å². The highest BCUT2D eigenvalue weighted by Crippen LogP contribution is 2.46. The maximum absolute atomic E-state index is 14.5. The molecule has 0 aliphatic heterocycles. The second-order valence-corrected chi connectivity index (χ2v) is 8.80. The molecule has 1 aliphatic rings. The van der Waals surface area contributed by atoms with Crippen LogP contribution in [-0.4, -0.2) is 33.8 Å². The van der Waals surface area contributed by atoms with Crippen molar-refractivity contribution in [3.05, 3.63) is 59.2 Å². The van der Waals surface area contributed by atoms with Gasteiger partial charge in [0.1, 0.15) is 11.5 Å². The van der Waals surface area contributed by atoms with Crippen LogP contribution in [0.2, 0.25) is 0 Å².